The molecule has 0 bridgehead atoms. The first kappa shape index (κ1) is 26.0. The number of methoxy groups -OCH3 is 1. The van der Waals surface area contributed by atoms with Gasteiger partial charge < -0.3 is 24.4 Å². The van der Waals surface area contributed by atoms with Crippen LogP contribution in [0.1, 0.15) is 24.9 Å². The van der Waals surface area contributed by atoms with Crippen molar-refractivity contribution in [2.75, 3.05) is 53.1 Å². The molecule has 3 aliphatic rings. The minimum Gasteiger partial charge on any atom is -0.496 e. The maximum Gasteiger partial charge on any atom is 0.338 e. The van der Waals surface area contributed by atoms with Crippen molar-refractivity contribution >= 4 is 28.8 Å². The fourth-order valence-electron chi connectivity index (χ4n) is 4.43. The van der Waals surface area contributed by atoms with E-state index in [0.29, 0.717) is 28.7 Å². The van der Waals surface area contributed by atoms with Gasteiger partial charge in [0.25, 0.3) is 0 Å². The molecule has 1 aromatic carbocycles. The van der Waals surface area contributed by atoms with Gasteiger partial charge in [0.05, 0.1) is 44.1 Å². The summed E-state index contributed by atoms with van der Waals surface area (Å²) in [6, 6.07) is 7.01. The molecular formula is C26H32N4O5S. The molecule has 3 aliphatic heterocycles. The van der Waals surface area contributed by atoms with Crippen molar-refractivity contribution in [3.8, 4) is 5.75 Å². The molecule has 1 amide bonds. The average Bonchev–Trinajstić information content (AvgIpc) is 3.28. The normalized spacial score (nSPS) is 19.8. The molecule has 9 nitrogen and oxygen atoms in total. The Morgan fingerprint density at radius 2 is 2.08 bits per heavy atom. The molecule has 1 unspecified atom stereocenters. The molecule has 0 aliphatic carbocycles. The van der Waals surface area contributed by atoms with E-state index in [9.17, 15) is 9.59 Å². The number of carbonyl (C=O) groups excluding carboxylic acids is 2. The molecule has 0 aromatic heterocycles. The monoisotopic (exact) mass is 512 g/mol. The lowest BCUT2D eigenvalue weighted by Gasteiger charge is -2.36. The highest BCUT2D eigenvalue weighted by molar-refractivity contribution is 8.16. The smallest absolute Gasteiger partial charge is 0.338 e. The van der Waals surface area contributed by atoms with Crippen LogP contribution in [-0.4, -0.2) is 80.0 Å². The Kier molecular flexibility index (Phi) is 8.84. The Labute approximate surface area is 215 Å². The van der Waals surface area contributed by atoms with Gasteiger partial charge in [-0.15, -0.1) is 0 Å². The van der Waals surface area contributed by atoms with Gasteiger partial charge in [-0.25, -0.2) is 9.79 Å². The van der Waals surface area contributed by atoms with Crippen LogP contribution in [0.5, 0.6) is 5.75 Å². The number of hydrogen-bond donors (Lipinski definition) is 1. The molecule has 0 saturated carbocycles. The first-order valence-electron chi connectivity index (χ1n) is 12.0. The SMILES string of the molecule is C=CCOC(=O)C1=C(C)N=C2SC=C(CC(=O)NCCN3CCOCC3)N2C1c1ccccc1OC. The Balaban J connectivity index is 1.55. The maximum atomic E-state index is 13.2. The summed E-state index contributed by atoms with van der Waals surface area (Å²) in [5.74, 6) is 0.0753. The predicted octanol–water partition coefficient (Wildman–Crippen LogP) is 2.84. The number of amidine groups is 1. The number of para-hydroxylation sites is 1. The predicted molar refractivity (Wildman–Crippen MR) is 139 cm³/mol. The number of hydrogen-bond acceptors (Lipinski definition) is 9. The number of esters is 1. The van der Waals surface area contributed by atoms with Crippen LogP contribution >= 0.6 is 11.8 Å². The van der Waals surface area contributed by atoms with Gasteiger partial charge in [-0.2, -0.15) is 0 Å². The molecule has 1 atom stereocenters. The number of amides is 1. The number of thioether (sulfide) groups is 1. The van der Waals surface area contributed by atoms with Crippen LogP contribution in [0.4, 0.5) is 0 Å². The van der Waals surface area contributed by atoms with Crippen LogP contribution in [0, 0.1) is 0 Å². The van der Waals surface area contributed by atoms with E-state index in [-0.39, 0.29) is 18.9 Å². The summed E-state index contributed by atoms with van der Waals surface area (Å²) in [7, 11) is 1.60. The van der Waals surface area contributed by atoms with E-state index < -0.39 is 12.0 Å². The van der Waals surface area contributed by atoms with E-state index >= 15 is 0 Å². The van der Waals surface area contributed by atoms with Crippen LogP contribution in [0.15, 0.2) is 64.3 Å². The zero-order chi connectivity index (χ0) is 25.5. The van der Waals surface area contributed by atoms with Crippen molar-refractivity contribution in [2.45, 2.75) is 19.4 Å². The van der Waals surface area contributed by atoms with Crippen molar-refractivity contribution in [2.24, 2.45) is 4.99 Å². The first-order valence-corrected chi connectivity index (χ1v) is 12.8. The minimum atomic E-state index is -0.548. The van der Waals surface area contributed by atoms with Gasteiger partial charge in [0.15, 0.2) is 5.17 Å². The van der Waals surface area contributed by atoms with Gasteiger partial charge in [-0.3, -0.25) is 9.69 Å². The van der Waals surface area contributed by atoms with E-state index in [1.807, 2.05) is 34.6 Å². The third-order valence-electron chi connectivity index (χ3n) is 6.18. The number of aliphatic imine (C=N–C) groups is 1. The average molecular weight is 513 g/mol. The second-order valence-corrected chi connectivity index (χ2v) is 9.34. The van der Waals surface area contributed by atoms with Crippen molar-refractivity contribution < 1.29 is 23.8 Å². The number of nitrogens with zero attached hydrogens (tertiary/aromatic N) is 3. The van der Waals surface area contributed by atoms with Crippen molar-refractivity contribution in [3.63, 3.8) is 0 Å². The quantitative estimate of drug-likeness (QED) is 0.378. The molecule has 3 heterocycles. The summed E-state index contributed by atoms with van der Waals surface area (Å²) in [5.41, 5.74) is 2.54. The number of fused-ring (bicyclic) bond motifs is 1. The third kappa shape index (κ3) is 5.83. The zero-order valence-electron chi connectivity index (χ0n) is 20.7. The highest BCUT2D eigenvalue weighted by atomic mass is 32.2. The van der Waals surface area contributed by atoms with Crippen molar-refractivity contribution in [1.82, 2.24) is 15.1 Å². The number of ether oxygens (including phenoxy) is 3. The number of carbonyl (C=O) groups is 2. The fourth-order valence-corrected chi connectivity index (χ4v) is 5.40. The number of benzene rings is 1. The first-order chi connectivity index (χ1) is 17.5. The van der Waals surface area contributed by atoms with Gasteiger partial charge in [0.1, 0.15) is 12.4 Å². The van der Waals surface area contributed by atoms with Crippen LogP contribution in [0.3, 0.4) is 0 Å². The van der Waals surface area contributed by atoms with Crippen LogP contribution in [0.25, 0.3) is 0 Å². The maximum absolute atomic E-state index is 13.2. The van der Waals surface area contributed by atoms with Crippen LogP contribution in [0.2, 0.25) is 0 Å². The molecule has 192 valence electrons. The summed E-state index contributed by atoms with van der Waals surface area (Å²) in [6.45, 7) is 10.1. The largest absolute Gasteiger partial charge is 0.496 e. The lowest BCUT2D eigenvalue weighted by Crippen LogP contribution is -2.42. The van der Waals surface area contributed by atoms with E-state index in [1.165, 1.54) is 17.8 Å². The molecular weight excluding hydrogens is 480 g/mol. The number of nitrogens with one attached hydrogen (secondary N) is 1. The topological polar surface area (TPSA) is 92.7 Å². The Bertz CT molecular complexity index is 1090. The molecule has 10 heteroatoms. The van der Waals surface area contributed by atoms with Gasteiger partial charge in [0, 0.05) is 37.4 Å². The van der Waals surface area contributed by atoms with Crippen molar-refractivity contribution in [1.29, 1.82) is 0 Å². The lowest BCUT2D eigenvalue weighted by molar-refractivity contribution is -0.138. The third-order valence-corrected chi connectivity index (χ3v) is 7.07. The molecule has 36 heavy (non-hydrogen) atoms. The van der Waals surface area contributed by atoms with Gasteiger partial charge >= 0.3 is 5.97 Å². The van der Waals surface area contributed by atoms with Crippen molar-refractivity contribution in [3.05, 3.63) is 64.9 Å². The summed E-state index contributed by atoms with van der Waals surface area (Å²) in [5, 5.41) is 5.66. The standard InChI is InChI=1S/C26H32N4O5S/c1-4-13-35-25(32)23-18(2)28-26-30(24(23)20-7-5-6-8-21(20)33-3)19(17-36-26)16-22(31)27-9-10-29-11-14-34-15-12-29/h4-8,17,24H,1,9-16H2,2-3H3,(H,27,31). The summed E-state index contributed by atoms with van der Waals surface area (Å²) in [4.78, 5) is 35.0. The molecule has 0 radical (unpaired) electrons. The molecule has 1 aromatic rings. The second kappa shape index (κ2) is 12.2. The molecule has 1 N–H and O–H groups in total. The Hall–Kier alpha value is -3.08. The summed E-state index contributed by atoms with van der Waals surface area (Å²) >= 11 is 1.44. The van der Waals surface area contributed by atoms with E-state index in [2.05, 4.69) is 21.8 Å². The highest BCUT2D eigenvalue weighted by Crippen LogP contribution is 2.46. The number of morpholine rings is 1. The molecule has 4 rings (SSSR count). The molecule has 1 fully saturated rings. The second-order valence-electron chi connectivity index (χ2n) is 8.50. The van der Waals surface area contributed by atoms with Crippen LogP contribution < -0.4 is 10.1 Å². The number of rotatable bonds is 10. The molecule has 1 saturated heterocycles. The summed E-state index contributed by atoms with van der Waals surface area (Å²) < 4.78 is 16.5. The Morgan fingerprint density at radius 1 is 1.31 bits per heavy atom. The van der Waals surface area contributed by atoms with Crippen LogP contribution in [-0.2, 0) is 19.1 Å². The molecule has 0 spiro atoms. The lowest BCUT2D eigenvalue weighted by atomic mass is 9.93. The highest BCUT2D eigenvalue weighted by Gasteiger charge is 2.42. The minimum absolute atomic E-state index is 0.0859. The summed E-state index contributed by atoms with van der Waals surface area (Å²) in [6.07, 6.45) is 1.69. The van der Waals surface area contributed by atoms with E-state index in [1.54, 1.807) is 14.0 Å². The Morgan fingerprint density at radius 3 is 2.83 bits per heavy atom. The van der Waals surface area contributed by atoms with E-state index in [0.717, 1.165) is 44.1 Å². The van der Waals surface area contributed by atoms with Gasteiger partial charge in [0.2, 0.25) is 5.91 Å². The van der Waals surface area contributed by atoms with E-state index in [4.69, 9.17) is 14.2 Å². The van der Waals surface area contributed by atoms with Gasteiger partial charge in [-0.1, -0.05) is 42.6 Å². The fraction of sp³-hybridized carbons (Fsp3) is 0.423. The van der Waals surface area contributed by atoms with Gasteiger partial charge in [-0.05, 0) is 18.4 Å². The number of allylic oxidation sites excluding steroid dienone is 1. The zero-order valence-corrected chi connectivity index (χ0v) is 21.5.